The zero-order valence-corrected chi connectivity index (χ0v) is 13.2. The fourth-order valence-corrected chi connectivity index (χ4v) is 3.08. The predicted octanol–water partition coefficient (Wildman–Crippen LogP) is 1.87. The van der Waals surface area contributed by atoms with E-state index in [4.69, 9.17) is 5.73 Å². The first kappa shape index (κ1) is 15.1. The number of benzene rings is 1. The third kappa shape index (κ3) is 3.41. The summed E-state index contributed by atoms with van der Waals surface area (Å²) in [6.45, 7) is -0.103. The second kappa shape index (κ2) is 6.43. The van der Waals surface area contributed by atoms with Crippen LogP contribution in [-0.4, -0.2) is 34.4 Å². The molecule has 108 valence electrons. The topological polar surface area (TPSA) is 83.6 Å². The molecule has 0 saturated heterocycles. The SMILES string of the molecule is NC(=O)CN(C(=O)c1cc(I)ccc1O)C1CCCC1. The summed E-state index contributed by atoms with van der Waals surface area (Å²) in [5.74, 6) is -0.926. The van der Waals surface area contributed by atoms with E-state index >= 15 is 0 Å². The number of rotatable bonds is 4. The maximum absolute atomic E-state index is 12.6. The minimum Gasteiger partial charge on any atom is -0.507 e. The molecule has 0 aromatic heterocycles. The quantitative estimate of drug-likeness (QED) is 0.773. The van der Waals surface area contributed by atoms with Crippen LogP contribution in [0.5, 0.6) is 5.75 Å². The zero-order valence-electron chi connectivity index (χ0n) is 11.0. The van der Waals surface area contributed by atoms with E-state index in [0.29, 0.717) is 0 Å². The number of nitrogens with two attached hydrogens (primary N) is 1. The number of aromatic hydroxyl groups is 1. The Kier molecular flexibility index (Phi) is 4.85. The van der Waals surface area contributed by atoms with E-state index in [2.05, 4.69) is 22.6 Å². The fourth-order valence-electron chi connectivity index (χ4n) is 2.58. The number of hydrogen-bond donors (Lipinski definition) is 2. The molecule has 6 heteroatoms. The van der Waals surface area contributed by atoms with Gasteiger partial charge in [-0.1, -0.05) is 12.8 Å². The second-order valence-corrected chi connectivity index (χ2v) is 6.24. The number of nitrogens with zero attached hydrogens (tertiary/aromatic N) is 1. The molecule has 2 rings (SSSR count). The van der Waals surface area contributed by atoms with Gasteiger partial charge in [-0.05, 0) is 53.6 Å². The number of carbonyl (C=O) groups excluding carboxylic acids is 2. The smallest absolute Gasteiger partial charge is 0.258 e. The highest BCUT2D eigenvalue weighted by atomic mass is 127. The molecule has 1 aromatic rings. The lowest BCUT2D eigenvalue weighted by molar-refractivity contribution is -0.119. The summed E-state index contributed by atoms with van der Waals surface area (Å²) in [6.07, 6.45) is 3.85. The highest BCUT2D eigenvalue weighted by Gasteiger charge is 2.29. The van der Waals surface area contributed by atoms with Crippen molar-refractivity contribution < 1.29 is 14.7 Å². The molecule has 1 saturated carbocycles. The molecule has 1 aliphatic rings. The molecule has 20 heavy (non-hydrogen) atoms. The number of primary amides is 1. The lowest BCUT2D eigenvalue weighted by atomic mass is 10.1. The van der Waals surface area contributed by atoms with Gasteiger partial charge in [-0.15, -0.1) is 0 Å². The Balaban J connectivity index is 2.29. The van der Waals surface area contributed by atoms with Crippen molar-refractivity contribution in [2.24, 2.45) is 5.73 Å². The van der Waals surface area contributed by atoms with Crippen LogP contribution in [0.1, 0.15) is 36.0 Å². The second-order valence-electron chi connectivity index (χ2n) is 5.00. The van der Waals surface area contributed by atoms with E-state index in [1.165, 1.54) is 11.0 Å². The maximum atomic E-state index is 12.6. The van der Waals surface area contributed by atoms with Crippen LogP contribution in [0.15, 0.2) is 18.2 Å². The summed E-state index contributed by atoms with van der Waals surface area (Å²) in [6, 6.07) is 4.88. The Labute approximate surface area is 131 Å². The number of phenolic OH excluding ortho intramolecular Hbond substituents is 1. The molecule has 5 nitrogen and oxygen atoms in total. The van der Waals surface area contributed by atoms with Gasteiger partial charge in [-0.25, -0.2) is 0 Å². The summed E-state index contributed by atoms with van der Waals surface area (Å²) in [4.78, 5) is 25.3. The molecule has 0 radical (unpaired) electrons. The summed E-state index contributed by atoms with van der Waals surface area (Å²) < 4.78 is 0.856. The van der Waals surface area contributed by atoms with E-state index in [1.54, 1.807) is 12.1 Å². The van der Waals surface area contributed by atoms with E-state index in [1.807, 2.05) is 0 Å². The van der Waals surface area contributed by atoms with E-state index in [0.717, 1.165) is 29.3 Å². The standard InChI is InChI=1S/C14H17IN2O3/c15-9-5-6-12(18)11(7-9)14(20)17(8-13(16)19)10-3-1-2-4-10/h5-7,10,18H,1-4,8H2,(H2,16,19). The summed E-state index contributed by atoms with van der Waals surface area (Å²) in [5.41, 5.74) is 5.47. The molecule has 0 bridgehead atoms. The Morgan fingerprint density at radius 3 is 2.60 bits per heavy atom. The molecule has 0 heterocycles. The van der Waals surface area contributed by atoms with E-state index in [9.17, 15) is 14.7 Å². The molecule has 1 aromatic carbocycles. The van der Waals surface area contributed by atoms with Gasteiger partial charge in [-0.2, -0.15) is 0 Å². The Bertz CT molecular complexity index is 527. The average Bonchev–Trinajstić information content (AvgIpc) is 2.91. The van der Waals surface area contributed by atoms with Crippen LogP contribution in [0.25, 0.3) is 0 Å². The van der Waals surface area contributed by atoms with Crippen LogP contribution in [0.2, 0.25) is 0 Å². The van der Waals surface area contributed by atoms with Crippen LogP contribution in [0, 0.1) is 3.57 Å². The molecule has 3 N–H and O–H groups in total. The summed E-state index contributed by atoms with van der Waals surface area (Å²) in [5, 5.41) is 9.86. The zero-order chi connectivity index (χ0) is 14.7. The number of phenols is 1. The molecular formula is C14H17IN2O3. The van der Waals surface area contributed by atoms with Crippen molar-refractivity contribution in [3.8, 4) is 5.75 Å². The number of halogens is 1. The van der Waals surface area contributed by atoms with Gasteiger partial charge in [0.05, 0.1) is 12.1 Å². The van der Waals surface area contributed by atoms with Crippen molar-refractivity contribution in [3.05, 3.63) is 27.3 Å². The van der Waals surface area contributed by atoms with Crippen LogP contribution < -0.4 is 5.73 Å². The number of amides is 2. The highest BCUT2D eigenvalue weighted by Crippen LogP contribution is 2.27. The summed E-state index contributed by atoms with van der Waals surface area (Å²) >= 11 is 2.08. The largest absolute Gasteiger partial charge is 0.507 e. The first-order chi connectivity index (χ1) is 9.49. The van der Waals surface area contributed by atoms with E-state index < -0.39 is 5.91 Å². The average molecular weight is 388 g/mol. The van der Waals surface area contributed by atoms with Crippen molar-refractivity contribution in [2.75, 3.05) is 6.54 Å². The third-order valence-electron chi connectivity index (χ3n) is 3.54. The molecule has 0 aliphatic heterocycles. The molecule has 1 fully saturated rings. The van der Waals surface area contributed by atoms with Gasteiger partial charge in [0.15, 0.2) is 0 Å². The molecule has 0 spiro atoms. The molecule has 1 aliphatic carbocycles. The van der Waals surface area contributed by atoms with Crippen LogP contribution in [0.4, 0.5) is 0 Å². The van der Waals surface area contributed by atoms with Crippen molar-refractivity contribution in [2.45, 2.75) is 31.7 Å². The Hall–Kier alpha value is -1.31. The van der Waals surface area contributed by atoms with Gasteiger partial charge in [-0.3, -0.25) is 9.59 Å². The van der Waals surface area contributed by atoms with Crippen molar-refractivity contribution >= 4 is 34.4 Å². The lowest BCUT2D eigenvalue weighted by Gasteiger charge is -2.28. The minimum atomic E-state index is -0.532. The molecule has 0 atom stereocenters. The van der Waals surface area contributed by atoms with Crippen molar-refractivity contribution in [3.63, 3.8) is 0 Å². The first-order valence-electron chi connectivity index (χ1n) is 6.57. The number of hydrogen-bond acceptors (Lipinski definition) is 3. The fraction of sp³-hybridized carbons (Fsp3) is 0.429. The van der Waals surface area contributed by atoms with Gasteiger partial charge in [0, 0.05) is 9.61 Å². The maximum Gasteiger partial charge on any atom is 0.258 e. The summed E-state index contributed by atoms with van der Waals surface area (Å²) in [7, 11) is 0. The van der Waals surface area contributed by atoms with Gasteiger partial charge in [0.25, 0.3) is 5.91 Å². The highest BCUT2D eigenvalue weighted by molar-refractivity contribution is 14.1. The predicted molar refractivity (Wildman–Crippen MR) is 83.3 cm³/mol. The molecule has 2 amide bonds. The van der Waals surface area contributed by atoms with Crippen LogP contribution >= 0.6 is 22.6 Å². The van der Waals surface area contributed by atoms with Crippen LogP contribution in [0.3, 0.4) is 0 Å². The van der Waals surface area contributed by atoms with Gasteiger partial charge < -0.3 is 15.7 Å². The van der Waals surface area contributed by atoms with Gasteiger partial charge >= 0.3 is 0 Å². The normalized spacial score (nSPS) is 15.2. The van der Waals surface area contributed by atoms with Crippen molar-refractivity contribution in [1.29, 1.82) is 0 Å². The van der Waals surface area contributed by atoms with E-state index in [-0.39, 0.29) is 29.8 Å². The van der Waals surface area contributed by atoms with Crippen LogP contribution in [-0.2, 0) is 4.79 Å². The Morgan fingerprint density at radius 2 is 2.00 bits per heavy atom. The lowest BCUT2D eigenvalue weighted by Crippen LogP contribution is -2.44. The van der Waals surface area contributed by atoms with Crippen molar-refractivity contribution in [1.82, 2.24) is 4.90 Å². The Morgan fingerprint density at radius 1 is 1.35 bits per heavy atom. The third-order valence-corrected chi connectivity index (χ3v) is 4.21. The molecule has 0 unspecified atom stereocenters. The van der Waals surface area contributed by atoms with Gasteiger partial charge in [0.1, 0.15) is 5.75 Å². The van der Waals surface area contributed by atoms with Gasteiger partial charge in [0.2, 0.25) is 5.91 Å². The number of carbonyl (C=O) groups is 2. The monoisotopic (exact) mass is 388 g/mol. The first-order valence-corrected chi connectivity index (χ1v) is 7.64. The molecular weight excluding hydrogens is 371 g/mol. The minimum absolute atomic E-state index is 0.0345.